The lowest BCUT2D eigenvalue weighted by atomic mass is 9.92. The Hall–Kier alpha value is -0.780. The molecule has 0 saturated heterocycles. The average Bonchev–Trinajstić information content (AvgIpc) is 2.05. The number of rotatable bonds is 2. The van der Waals surface area contributed by atoms with Crippen LogP contribution < -0.4 is 5.32 Å². The van der Waals surface area contributed by atoms with Crippen molar-refractivity contribution in [1.82, 2.24) is 5.32 Å². The number of halogens is 3. The second kappa shape index (κ2) is 4.83. The molecule has 0 radical (unpaired) electrons. The van der Waals surface area contributed by atoms with Crippen LogP contribution in [0.2, 0.25) is 0 Å². The van der Waals surface area contributed by atoms with Crippen LogP contribution in [0.1, 0.15) is 32.1 Å². The summed E-state index contributed by atoms with van der Waals surface area (Å²) < 4.78 is 35.5. The molecule has 0 aromatic carbocycles. The van der Waals surface area contributed by atoms with Crippen molar-refractivity contribution in [2.45, 2.75) is 50.4 Å². The Kier molecular flexibility index (Phi) is 3.96. The van der Waals surface area contributed by atoms with Gasteiger partial charge in [0.05, 0.1) is 12.1 Å². The molecule has 1 fully saturated rings. The minimum atomic E-state index is -4.48. The van der Waals surface area contributed by atoms with E-state index in [2.05, 4.69) is 5.32 Å². The smallest absolute Gasteiger partial charge is 0.391 e. The summed E-state index contributed by atoms with van der Waals surface area (Å²) in [5.74, 6) is -1.06. The van der Waals surface area contributed by atoms with Crippen molar-refractivity contribution in [3.63, 3.8) is 0 Å². The number of hydrogen-bond donors (Lipinski definition) is 2. The van der Waals surface area contributed by atoms with Crippen LogP contribution in [-0.4, -0.2) is 29.3 Å². The molecule has 2 atom stereocenters. The molecule has 1 aliphatic rings. The molecule has 1 rings (SSSR count). The maximum absolute atomic E-state index is 11.8. The molecule has 2 N–H and O–H groups in total. The van der Waals surface area contributed by atoms with Gasteiger partial charge in [0.25, 0.3) is 0 Å². The topological polar surface area (TPSA) is 49.3 Å². The van der Waals surface area contributed by atoms with Crippen LogP contribution in [0.25, 0.3) is 0 Å². The van der Waals surface area contributed by atoms with E-state index in [1.54, 1.807) is 0 Å². The highest BCUT2D eigenvalue weighted by Crippen LogP contribution is 2.21. The van der Waals surface area contributed by atoms with Gasteiger partial charge in [0.15, 0.2) is 0 Å². The van der Waals surface area contributed by atoms with Crippen molar-refractivity contribution in [3.05, 3.63) is 0 Å². The Morgan fingerprint density at radius 2 is 1.93 bits per heavy atom. The molecule has 3 nitrogen and oxygen atoms in total. The predicted octanol–water partition coefficient (Wildman–Crippen LogP) is 1.36. The summed E-state index contributed by atoms with van der Waals surface area (Å²) in [5.41, 5.74) is 0. The second-order valence-electron chi connectivity index (χ2n) is 3.82. The van der Waals surface area contributed by atoms with Gasteiger partial charge < -0.3 is 10.4 Å². The van der Waals surface area contributed by atoms with Gasteiger partial charge in [-0.1, -0.05) is 12.8 Å². The number of nitrogens with one attached hydrogen (secondary N) is 1. The van der Waals surface area contributed by atoms with Crippen LogP contribution in [-0.2, 0) is 4.79 Å². The third-order valence-corrected chi connectivity index (χ3v) is 2.44. The van der Waals surface area contributed by atoms with Crippen molar-refractivity contribution in [3.8, 4) is 0 Å². The molecule has 88 valence electrons. The summed E-state index contributed by atoms with van der Waals surface area (Å²) >= 11 is 0. The lowest BCUT2D eigenvalue weighted by Gasteiger charge is -2.28. The van der Waals surface area contributed by atoms with Crippen molar-refractivity contribution < 1.29 is 23.1 Å². The number of carbonyl (C=O) groups excluding carboxylic acids is 1. The number of aliphatic hydroxyl groups excluding tert-OH is 1. The molecule has 0 unspecified atom stereocenters. The molecule has 15 heavy (non-hydrogen) atoms. The van der Waals surface area contributed by atoms with Gasteiger partial charge in [-0.05, 0) is 12.8 Å². The summed E-state index contributed by atoms with van der Waals surface area (Å²) in [6, 6.07) is -0.520. The zero-order chi connectivity index (χ0) is 11.5. The zero-order valence-corrected chi connectivity index (χ0v) is 8.18. The molecule has 0 heterocycles. The van der Waals surface area contributed by atoms with Crippen LogP contribution in [0.15, 0.2) is 0 Å². The van der Waals surface area contributed by atoms with E-state index in [0.717, 1.165) is 12.8 Å². The Morgan fingerprint density at radius 1 is 1.33 bits per heavy atom. The normalized spacial score (nSPS) is 27.5. The molecule has 1 amide bonds. The summed E-state index contributed by atoms with van der Waals surface area (Å²) in [6.45, 7) is 0. The Balaban J connectivity index is 2.36. The summed E-state index contributed by atoms with van der Waals surface area (Å²) in [4.78, 5) is 10.9. The fourth-order valence-electron chi connectivity index (χ4n) is 1.72. The van der Waals surface area contributed by atoms with Crippen molar-refractivity contribution in [2.24, 2.45) is 0 Å². The van der Waals surface area contributed by atoms with Crippen molar-refractivity contribution in [1.29, 1.82) is 0 Å². The number of carbonyl (C=O) groups is 1. The first-order valence-corrected chi connectivity index (χ1v) is 4.92. The lowest BCUT2D eigenvalue weighted by Crippen LogP contribution is -2.46. The zero-order valence-electron chi connectivity index (χ0n) is 8.18. The van der Waals surface area contributed by atoms with E-state index >= 15 is 0 Å². The maximum atomic E-state index is 11.8. The number of hydrogen-bond acceptors (Lipinski definition) is 2. The van der Waals surface area contributed by atoms with E-state index < -0.39 is 30.7 Å². The van der Waals surface area contributed by atoms with Crippen LogP contribution in [0, 0.1) is 0 Å². The van der Waals surface area contributed by atoms with Crippen LogP contribution in [0.4, 0.5) is 13.2 Å². The van der Waals surface area contributed by atoms with Gasteiger partial charge in [-0.2, -0.15) is 13.2 Å². The fraction of sp³-hybridized carbons (Fsp3) is 0.889. The summed E-state index contributed by atoms with van der Waals surface area (Å²) in [5, 5.41) is 11.6. The second-order valence-corrected chi connectivity index (χ2v) is 3.82. The van der Waals surface area contributed by atoms with E-state index in [-0.39, 0.29) is 0 Å². The van der Waals surface area contributed by atoms with E-state index in [9.17, 15) is 23.1 Å². The number of aliphatic hydroxyl groups is 1. The molecule has 0 aliphatic heterocycles. The van der Waals surface area contributed by atoms with Gasteiger partial charge in [-0.25, -0.2) is 0 Å². The average molecular weight is 225 g/mol. The molecule has 1 aliphatic carbocycles. The molecule has 0 bridgehead atoms. The van der Waals surface area contributed by atoms with E-state index in [0.29, 0.717) is 12.8 Å². The van der Waals surface area contributed by atoms with Gasteiger partial charge in [-0.15, -0.1) is 0 Å². The van der Waals surface area contributed by atoms with Gasteiger partial charge in [0.2, 0.25) is 5.91 Å². The Morgan fingerprint density at radius 3 is 2.47 bits per heavy atom. The molecular weight excluding hydrogens is 211 g/mol. The summed E-state index contributed by atoms with van der Waals surface area (Å²) in [7, 11) is 0. The van der Waals surface area contributed by atoms with Gasteiger partial charge in [0.1, 0.15) is 6.42 Å². The quantitative estimate of drug-likeness (QED) is 0.745. The van der Waals surface area contributed by atoms with Crippen LogP contribution >= 0.6 is 0 Å². The SMILES string of the molecule is O=C(CC(F)(F)F)N[C@H]1CCCC[C@@H]1O. The Labute approximate surface area is 85.7 Å². The third-order valence-electron chi connectivity index (χ3n) is 2.44. The van der Waals surface area contributed by atoms with E-state index in [1.807, 2.05) is 0 Å². The molecule has 0 spiro atoms. The molecule has 1 saturated carbocycles. The summed E-state index contributed by atoms with van der Waals surface area (Å²) in [6.07, 6.45) is -3.90. The van der Waals surface area contributed by atoms with Crippen LogP contribution in [0.3, 0.4) is 0 Å². The van der Waals surface area contributed by atoms with E-state index in [4.69, 9.17) is 0 Å². The van der Waals surface area contributed by atoms with Crippen molar-refractivity contribution in [2.75, 3.05) is 0 Å². The lowest BCUT2D eigenvalue weighted by molar-refractivity contribution is -0.155. The predicted molar refractivity (Wildman–Crippen MR) is 47.1 cm³/mol. The highest BCUT2D eigenvalue weighted by Gasteiger charge is 2.33. The third kappa shape index (κ3) is 4.51. The minimum absolute atomic E-state index is 0.520. The highest BCUT2D eigenvalue weighted by molar-refractivity contribution is 5.76. The van der Waals surface area contributed by atoms with Gasteiger partial charge in [-0.3, -0.25) is 4.79 Å². The van der Waals surface area contributed by atoms with Crippen LogP contribution in [0.5, 0.6) is 0 Å². The molecule has 0 aromatic heterocycles. The van der Waals surface area contributed by atoms with Crippen molar-refractivity contribution >= 4 is 5.91 Å². The molecular formula is C9H14F3NO2. The first-order chi connectivity index (χ1) is 6.88. The molecule has 0 aromatic rings. The Bertz CT molecular complexity index is 230. The minimum Gasteiger partial charge on any atom is -0.391 e. The fourth-order valence-corrected chi connectivity index (χ4v) is 1.72. The highest BCUT2D eigenvalue weighted by atomic mass is 19.4. The monoisotopic (exact) mass is 225 g/mol. The number of amides is 1. The number of alkyl halides is 3. The van der Waals surface area contributed by atoms with E-state index in [1.165, 1.54) is 0 Å². The maximum Gasteiger partial charge on any atom is 0.397 e. The first-order valence-electron chi connectivity index (χ1n) is 4.92. The standard InChI is InChI=1S/C9H14F3NO2/c10-9(11,12)5-8(15)13-6-3-1-2-4-7(6)14/h6-7,14H,1-5H2,(H,13,15)/t6-,7-/m0/s1. The first kappa shape index (κ1) is 12.3. The largest absolute Gasteiger partial charge is 0.397 e. The molecule has 6 heteroatoms. The van der Waals surface area contributed by atoms with Gasteiger partial charge in [0, 0.05) is 0 Å². The van der Waals surface area contributed by atoms with Gasteiger partial charge >= 0.3 is 6.18 Å².